The van der Waals surface area contributed by atoms with Crippen LogP contribution < -0.4 is 5.32 Å². The molecule has 1 fully saturated rings. The molecule has 0 atom stereocenters. The third-order valence-electron chi connectivity index (χ3n) is 3.99. The molecule has 0 aromatic carbocycles. The second kappa shape index (κ2) is 4.43. The van der Waals surface area contributed by atoms with Crippen LogP contribution in [0, 0.1) is 0 Å². The number of aromatic nitrogens is 4. The van der Waals surface area contributed by atoms with E-state index >= 15 is 0 Å². The fraction of sp³-hybridized carbons (Fsp3) is 0.538. The summed E-state index contributed by atoms with van der Waals surface area (Å²) in [5.41, 5.74) is 1.30. The van der Waals surface area contributed by atoms with Crippen molar-refractivity contribution in [2.45, 2.75) is 38.0 Å². The van der Waals surface area contributed by atoms with Crippen LogP contribution in [0.15, 0.2) is 4.52 Å². The van der Waals surface area contributed by atoms with E-state index in [0.29, 0.717) is 35.7 Å². The Balaban J connectivity index is 1.67. The normalized spacial score (nSPS) is 19.1. The number of carbonyl (C=O) groups is 1. The van der Waals surface area contributed by atoms with Crippen LogP contribution in [0.5, 0.6) is 0 Å². The highest BCUT2D eigenvalue weighted by Gasteiger charge is 2.27. The van der Waals surface area contributed by atoms with Crippen LogP contribution in [0.3, 0.4) is 0 Å². The lowest BCUT2D eigenvalue weighted by molar-refractivity contribution is 0.0951. The Kier molecular flexibility index (Phi) is 2.58. The highest BCUT2D eigenvalue weighted by Crippen LogP contribution is 2.35. The van der Waals surface area contributed by atoms with Gasteiger partial charge in [0.25, 0.3) is 5.91 Å². The number of hydrogen-bond acceptors (Lipinski definition) is 5. The molecule has 104 valence electrons. The van der Waals surface area contributed by atoms with E-state index in [1.807, 2.05) is 0 Å². The lowest BCUT2D eigenvalue weighted by Gasteiger charge is -2.20. The van der Waals surface area contributed by atoms with E-state index in [-0.39, 0.29) is 5.91 Å². The minimum atomic E-state index is -0.136. The molecule has 4 rings (SSSR count). The van der Waals surface area contributed by atoms with Gasteiger partial charge in [-0.3, -0.25) is 4.79 Å². The average molecular weight is 273 g/mol. The third-order valence-corrected chi connectivity index (χ3v) is 3.99. The number of aryl methyl sites for hydroxylation is 1. The summed E-state index contributed by atoms with van der Waals surface area (Å²) in [5.74, 6) is 1.89. The number of hydrogen-bond donors (Lipinski definition) is 2. The van der Waals surface area contributed by atoms with Gasteiger partial charge in [-0.1, -0.05) is 11.6 Å². The molecule has 1 aliphatic carbocycles. The number of nitrogens with zero attached hydrogens (tertiary/aromatic N) is 3. The lowest BCUT2D eigenvalue weighted by Crippen LogP contribution is -2.23. The number of aromatic amines is 1. The summed E-state index contributed by atoms with van der Waals surface area (Å²) < 4.78 is 5.28. The summed E-state index contributed by atoms with van der Waals surface area (Å²) in [6.07, 6.45) is 5.14. The third kappa shape index (κ3) is 1.81. The molecule has 2 aromatic heterocycles. The quantitative estimate of drug-likeness (QED) is 0.862. The van der Waals surface area contributed by atoms with Gasteiger partial charge >= 0.3 is 0 Å². The van der Waals surface area contributed by atoms with Gasteiger partial charge in [-0.15, -0.1) is 0 Å². The molecular weight excluding hydrogens is 258 g/mol. The maximum Gasteiger partial charge on any atom is 0.271 e. The number of nitrogens with one attached hydrogen (secondary N) is 2. The summed E-state index contributed by atoms with van der Waals surface area (Å²) >= 11 is 0. The van der Waals surface area contributed by atoms with E-state index in [4.69, 9.17) is 4.52 Å². The average Bonchev–Trinajstić information content (AvgIpc) is 2.96. The maximum atomic E-state index is 11.9. The molecule has 1 aliphatic heterocycles. The fourth-order valence-electron chi connectivity index (χ4n) is 2.59. The Morgan fingerprint density at radius 2 is 2.10 bits per heavy atom. The van der Waals surface area contributed by atoms with Gasteiger partial charge in [0.15, 0.2) is 5.82 Å². The van der Waals surface area contributed by atoms with Crippen molar-refractivity contribution in [1.29, 1.82) is 0 Å². The molecule has 0 saturated heterocycles. The molecular formula is C13H15N5O2. The first-order valence-corrected chi connectivity index (χ1v) is 7.02. The van der Waals surface area contributed by atoms with E-state index in [1.54, 1.807) is 0 Å². The van der Waals surface area contributed by atoms with Gasteiger partial charge in [0.2, 0.25) is 11.7 Å². The first-order chi connectivity index (χ1) is 9.81. The van der Waals surface area contributed by atoms with Crippen LogP contribution in [0.2, 0.25) is 0 Å². The molecule has 2 aliphatic rings. The van der Waals surface area contributed by atoms with Crippen molar-refractivity contribution in [3.63, 3.8) is 0 Å². The van der Waals surface area contributed by atoms with Gasteiger partial charge in [-0.25, -0.2) is 4.98 Å². The number of carbonyl (C=O) groups excluding carboxylic acids is 1. The number of amides is 1. The van der Waals surface area contributed by atoms with Crippen molar-refractivity contribution in [2.24, 2.45) is 0 Å². The first kappa shape index (κ1) is 11.6. The topological polar surface area (TPSA) is 96.7 Å². The van der Waals surface area contributed by atoms with Crippen molar-refractivity contribution in [2.75, 3.05) is 6.54 Å². The Hall–Kier alpha value is -2.18. The molecule has 2 aromatic rings. The van der Waals surface area contributed by atoms with Crippen molar-refractivity contribution in [1.82, 2.24) is 25.4 Å². The fourth-order valence-corrected chi connectivity index (χ4v) is 2.59. The summed E-state index contributed by atoms with van der Waals surface area (Å²) in [7, 11) is 0. The molecule has 2 N–H and O–H groups in total. The SMILES string of the molecule is O=C1NCCCc2[nH]c(-c3noc(C4CCC4)n3)nc21. The van der Waals surface area contributed by atoms with E-state index in [9.17, 15) is 4.79 Å². The van der Waals surface area contributed by atoms with Crippen LogP contribution in [0.1, 0.15) is 53.7 Å². The standard InChI is InChI=1S/C13H15N5O2/c19-12-9-8(5-2-6-14-12)15-10(16-9)11-17-13(20-18-11)7-3-1-4-7/h7H,1-6H2,(H,14,19)(H,15,16). The highest BCUT2D eigenvalue weighted by atomic mass is 16.5. The van der Waals surface area contributed by atoms with Crippen LogP contribution in [-0.4, -0.2) is 32.6 Å². The van der Waals surface area contributed by atoms with Gasteiger partial charge in [-0.2, -0.15) is 4.98 Å². The number of rotatable bonds is 2. The van der Waals surface area contributed by atoms with Crippen LogP contribution in [-0.2, 0) is 6.42 Å². The maximum absolute atomic E-state index is 11.9. The van der Waals surface area contributed by atoms with Crippen LogP contribution in [0.25, 0.3) is 11.6 Å². The van der Waals surface area contributed by atoms with Gasteiger partial charge < -0.3 is 14.8 Å². The summed E-state index contributed by atoms with van der Waals surface area (Å²) in [4.78, 5) is 23.7. The van der Waals surface area contributed by atoms with Crippen LogP contribution in [0.4, 0.5) is 0 Å². The monoisotopic (exact) mass is 273 g/mol. The second-order valence-electron chi connectivity index (χ2n) is 5.36. The molecule has 1 saturated carbocycles. The molecule has 0 spiro atoms. The van der Waals surface area contributed by atoms with Crippen molar-refractivity contribution in [3.8, 4) is 11.6 Å². The number of H-pyrrole nitrogens is 1. The summed E-state index contributed by atoms with van der Waals surface area (Å²) in [6, 6.07) is 0. The van der Waals surface area contributed by atoms with Crippen molar-refractivity contribution >= 4 is 5.91 Å². The van der Waals surface area contributed by atoms with Crippen molar-refractivity contribution < 1.29 is 9.32 Å². The van der Waals surface area contributed by atoms with Crippen molar-refractivity contribution in [3.05, 3.63) is 17.3 Å². The molecule has 20 heavy (non-hydrogen) atoms. The van der Waals surface area contributed by atoms with Gasteiger partial charge in [0, 0.05) is 18.2 Å². The summed E-state index contributed by atoms with van der Waals surface area (Å²) in [5, 5.41) is 6.79. The predicted molar refractivity (Wildman–Crippen MR) is 69.1 cm³/mol. The zero-order valence-electron chi connectivity index (χ0n) is 11.0. The molecule has 0 bridgehead atoms. The molecule has 0 unspecified atom stereocenters. The second-order valence-corrected chi connectivity index (χ2v) is 5.36. The number of imidazole rings is 1. The Bertz CT molecular complexity index is 656. The minimum absolute atomic E-state index is 0.136. The van der Waals surface area contributed by atoms with Gasteiger partial charge in [0.1, 0.15) is 5.69 Å². The molecule has 1 amide bonds. The Morgan fingerprint density at radius 3 is 2.90 bits per heavy atom. The molecule has 7 heteroatoms. The smallest absolute Gasteiger partial charge is 0.271 e. The van der Waals surface area contributed by atoms with Crippen LogP contribution >= 0.6 is 0 Å². The Morgan fingerprint density at radius 1 is 1.20 bits per heavy atom. The highest BCUT2D eigenvalue weighted by molar-refractivity contribution is 5.94. The summed E-state index contributed by atoms with van der Waals surface area (Å²) in [6.45, 7) is 0.687. The number of fused-ring (bicyclic) bond motifs is 1. The van der Waals surface area contributed by atoms with E-state index in [1.165, 1.54) is 6.42 Å². The van der Waals surface area contributed by atoms with Gasteiger partial charge in [-0.05, 0) is 25.7 Å². The van der Waals surface area contributed by atoms with Gasteiger partial charge in [0.05, 0.1) is 0 Å². The van der Waals surface area contributed by atoms with E-state index in [2.05, 4.69) is 25.4 Å². The zero-order valence-corrected chi connectivity index (χ0v) is 11.0. The first-order valence-electron chi connectivity index (χ1n) is 7.02. The largest absolute Gasteiger partial charge is 0.351 e. The minimum Gasteiger partial charge on any atom is -0.351 e. The zero-order chi connectivity index (χ0) is 13.5. The molecule has 7 nitrogen and oxygen atoms in total. The molecule has 3 heterocycles. The van der Waals surface area contributed by atoms with E-state index < -0.39 is 0 Å². The Labute approximate surface area is 115 Å². The van der Waals surface area contributed by atoms with E-state index in [0.717, 1.165) is 31.4 Å². The lowest BCUT2D eigenvalue weighted by atomic mass is 9.85. The predicted octanol–water partition coefficient (Wildman–Crippen LogP) is 1.40. The molecule has 0 radical (unpaired) electrons.